The van der Waals surface area contributed by atoms with Crippen molar-refractivity contribution in [2.75, 3.05) is 32.7 Å². The summed E-state index contributed by atoms with van der Waals surface area (Å²) in [6.07, 6.45) is -4.06. The Morgan fingerprint density at radius 2 is 2.00 bits per heavy atom. The van der Waals surface area contributed by atoms with Crippen molar-refractivity contribution in [1.82, 2.24) is 10.2 Å². The molecule has 0 atom stereocenters. The molecule has 2 nitrogen and oxygen atoms in total. The molecule has 1 heterocycles. The van der Waals surface area contributed by atoms with Gasteiger partial charge in [-0.1, -0.05) is 6.92 Å². The molecule has 1 fully saturated rings. The summed E-state index contributed by atoms with van der Waals surface area (Å²) in [4.78, 5) is 1.45. The highest BCUT2D eigenvalue weighted by molar-refractivity contribution is 4.78. The van der Waals surface area contributed by atoms with Crippen molar-refractivity contribution in [2.24, 2.45) is 5.92 Å². The number of halogens is 3. The summed E-state index contributed by atoms with van der Waals surface area (Å²) < 4.78 is 36.0. The van der Waals surface area contributed by atoms with Crippen LogP contribution in [-0.4, -0.2) is 43.8 Å². The Morgan fingerprint density at radius 1 is 1.38 bits per heavy atom. The fourth-order valence-corrected chi connectivity index (χ4v) is 1.40. The van der Waals surface area contributed by atoms with Crippen LogP contribution in [0.25, 0.3) is 0 Å². The largest absolute Gasteiger partial charge is 0.401 e. The van der Waals surface area contributed by atoms with Crippen LogP contribution in [0, 0.1) is 5.92 Å². The van der Waals surface area contributed by atoms with Crippen LogP contribution in [0.2, 0.25) is 0 Å². The highest BCUT2D eigenvalue weighted by atomic mass is 19.4. The standard InChI is InChI=1S/C8H15F3N2/c1-2-13(6-8(9,10)11)5-7-3-12-4-7/h7,12H,2-6H2,1H3. The molecule has 1 saturated heterocycles. The number of hydrogen-bond acceptors (Lipinski definition) is 2. The quantitative estimate of drug-likeness (QED) is 0.724. The van der Waals surface area contributed by atoms with Crippen molar-refractivity contribution >= 4 is 0 Å². The third-order valence-electron chi connectivity index (χ3n) is 2.23. The van der Waals surface area contributed by atoms with Crippen LogP contribution in [0.1, 0.15) is 6.92 Å². The summed E-state index contributed by atoms with van der Waals surface area (Å²) in [6.45, 7) is 3.72. The smallest absolute Gasteiger partial charge is 0.316 e. The lowest BCUT2D eigenvalue weighted by molar-refractivity contribution is -0.147. The molecule has 13 heavy (non-hydrogen) atoms. The molecule has 0 aliphatic carbocycles. The van der Waals surface area contributed by atoms with Gasteiger partial charge in [0.2, 0.25) is 0 Å². The molecular weight excluding hydrogens is 181 g/mol. The average molecular weight is 196 g/mol. The molecule has 0 aromatic rings. The lowest BCUT2D eigenvalue weighted by Crippen LogP contribution is -2.49. The lowest BCUT2D eigenvalue weighted by atomic mass is 10.0. The van der Waals surface area contributed by atoms with Crippen LogP contribution in [-0.2, 0) is 0 Å². The maximum absolute atomic E-state index is 12.0. The van der Waals surface area contributed by atoms with Crippen LogP contribution in [0.5, 0.6) is 0 Å². The first kappa shape index (κ1) is 10.8. The Labute approximate surface area is 76.1 Å². The summed E-state index contributed by atoms with van der Waals surface area (Å²) in [6, 6.07) is 0. The van der Waals surface area contributed by atoms with Crippen molar-refractivity contribution in [3.8, 4) is 0 Å². The fourth-order valence-electron chi connectivity index (χ4n) is 1.40. The van der Waals surface area contributed by atoms with Gasteiger partial charge < -0.3 is 5.32 Å². The third kappa shape index (κ3) is 3.95. The van der Waals surface area contributed by atoms with Gasteiger partial charge in [0.25, 0.3) is 0 Å². The molecule has 1 aliphatic heterocycles. The van der Waals surface area contributed by atoms with Crippen LogP contribution in [0.3, 0.4) is 0 Å². The SMILES string of the molecule is CCN(CC1CNC1)CC(F)(F)F. The van der Waals surface area contributed by atoms with Gasteiger partial charge in [-0.05, 0) is 12.5 Å². The summed E-state index contributed by atoms with van der Waals surface area (Å²) >= 11 is 0. The molecule has 0 saturated carbocycles. The summed E-state index contributed by atoms with van der Waals surface area (Å²) in [7, 11) is 0. The molecule has 0 bridgehead atoms. The van der Waals surface area contributed by atoms with Gasteiger partial charge in [-0.2, -0.15) is 13.2 Å². The minimum atomic E-state index is -4.06. The van der Waals surface area contributed by atoms with Crippen molar-refractivity contribution in [2.45, 2.75) is 13.1 Å². The van der Waals surface area contributed by atoms with E-state index in [1.165, 1.54) is 4.90 Å². The van der Waals surface area contributed by atoms with Crippen molar-refractivity contribution in [3.05, 3.63) is 0 Å². The van der Waals surface area contributed by atoms with Gasteiger partial charge in [0.1, 0.15) is 0 Å². The molecular formula is C8H15F3N2. The van der Waals surface area contributed by atoms with Gasteiger partial charge in [0, 0.05) is 19.6 Å². The molecule has 0 aromatic heterocycles. The van der Waals surface area contributed by atoms with Gasteiger partial charge in [-0.3, -0.25) is 4.90 Å². The van der Waals surface area contributed by atoms with E-state index >= 15 is 0 Å². The maximum Gasteiger partial charge on any atom is 0.401 e. The Kier molecular flexibility index (Phi) is 3.55. The second kappa shape index (κ2) is 4.28. The predicted octanol–water partition coefficient (Wildman–Crippen LogP) is 1.09. The molecule has 0 unspecified atom stereocenters. The molecule has 0 spiro atoms. The van der Waals surface area contributed by atoms with Crippen LogP contribution >= 0.6 is 0 Å². The molecule has 1 rings (SSSR count). The van der Waals surface area contributed by atoms with Crippen LogP contribution in [0.15, 0.2) is 0 Å². The topological polar surface area (TPSA) is 15.3 Å². The second-order valence-corrected chi connectivity index (χ2v) is 3.47. The molecule has 0 aromatic carbocycles. The average Bonchev–Trinajstić information content (AvgIpc) is 1.91. The number of nitrogens with one attached hydrogen (secondary N) is 1. The summed E-state index contributed by atoms with van der Waals surface area (Å²) in [5, 5.41) is 3.05. The Balaban J connectivity index is 2.25. The van der Waals surface area contributed by atoms with Gasteiger partial charge in [0.05, 0.1) is 6.54 Å². The van der Waals surface area contributed by atoms with Crippen molar-refractivity contribution in [1.29, 1.82) is 0 Å². The maximum atomic E-state index is 12.0. The van der Waals surface area contributed by atoms with Gasteiger partial charge in [-0.25, -0.2) is 0 Å². The minimum absolute atomic E-state index is 0.405. The fraction of sp³-hybridized carbons (Fsp3) is 1.00. The zero-order valence-corrected chi connectivity index (χ0v) is 7.69. The molecule has 1 aliphatic rings. The molecule has 1 N–H and O–H groups in total. The zero-order valence-electron chi connectivity index (χ0n) is 7.69. The highest BCUT2D eigenvalue weighted by Gasteiger charge is 2.31. The molecule has 0 amide bonds. The Morgan fingerprint density at radius 3 is 2.31 bits per heavy atom. The molecule has 5 heteroatoms. The van der Waals surface area contributed by atoms with E-state index in [4.69, 9.17) is 0 Å². The van der Waals surface area contributed by atoms with E-state index in [9.17, 15) is 13.2 Å². The summed E-state index contributed by atoms with van der Waals surface area (Å²) in [5.74, 6) is 0.405. The van der Waals surface area contributed by atoms with Crippen LogP contribution in [0.4, 0.5) is 13.2 Å². The lowest BCUT2D eigenvalue weighted by Gasteiger charge is -2.32. The Bertz CT molecular complexity index is 154. The highest BCUT2D eigenvalue weighted by Crippen LogP contribution is 2.17. The van der Waals surface area contributed by atoms with E-state index in [-0.39, 0.29) is 0 Å². The first-order valence-corrected chi connectivity index (χ1v) is 4.51. The van der Waals surface area contributed by atoms with Gasteiger partial charge >= 0.3 is 6.18 Å². The van der Waals surface area contributed by atoms with Crippen LogP contribution < -0.4 is 5.32 Å². The summed E-state index contributed by atoms with van der Waals surface area (Å²) in [5.41, 5.74) is 0. The number of nitrogens with zero attached hydrogens (tertiary/aromatic N) is 1. The van der Waals surface area contributed by atoms with Gasteiger partial charge in [-0.15, -0.1) is 0 Å². The Hall–Kier alpha value is -0.290. The number of hydrogen-bond donors (Lipinski definition) is 1. The number of rotatable bonds is 4. The van der Waals surface area contributed by atoms with E-state index in [1.807, 2.05) is 0 Å². The first-order chi connectivity index (χ1) is 6.01. The zero-order chi connectivity index (χ0) is 9.90. The second-order valence-electron chi connectivity index (χ2n) is 3.47. The third-order valence-corrected chi connectivity index (χ3v) is 2.23. The predicted molar refractivity (Wildman–Crippen MR) is 44.5 cm³/mol. The minimum Gasteiger partial charge on any atom is -0.316 e. The van der Waals surface area contributed by atoms with Gasteiger partial charge in [0.15, 0.2) is 0 Å². The molecule has 0 radical (unpaired) electrons. The van der Waals surface area contributed by atoms with E-state index in [0.717, 1.165) is 13.1 Å². The van der Waals surface area contributed by atoms with E-state index < -0.39 is 12.7 Å². The monoisotopic (exact) mass is 196 g/mol. The van der Waals surface area contributed by atoms with E-state index in [0.29, 0.717) is 19.0 Å². The van der Waals surface area contributed by atoms with E-state index in [2.05, 4.69) is 5.32 Å². The van der Waals surface area contributed by atoms with E-state index in [1.54, 1.807) is 6.92 Å². The first-order valence-electron chi connectivity index (χ1n) is 4.51. The molecule has 78 valence electrons. The van der Waals surface area contributed by atoms with Crippen molar-refractivity contribution in [3.63, 3.8) is 0 Å². The number of alkyl halides is 3. The normalized spacial score (nSPS) is 19.2. The van der Waals surface area contributed by atoms with Crippen molar-refractivity contribution < 1.29 is 13.2 Å².